The number of carboxylic acid groups (broad SMARTS) is 1. The number of pyridine rings is 1. The van der Waals surface area contributed by atoms with Crippen molar-refractivity contribution in [2.45, 2.75) is 12.5 Å². The maximum Gasteiger partial charge on any atom is 0.407 e. The minimum absolute atomic E-state index is 0.190. The number of methoxy groups -OCH3 is 1. The molecule has 0 saturated carbocycles. The topological polar surface area (TPSA) is 156 Å². The molecule has 1 unspecified atom stereocenters. The van der Waals surface area contributed by atoms with Crippen LogP contribution in [0, 0.1) is 0 Å². The number of amides is 4. The van der Waals surface area contributed by atoms with E-state index in [4.69, 9.17) is 31.9 Å². The quantitative estimate of drug-likeness (QED) is 0.403. The van der Waals surface area contributed by atoms with Gasteiger partial charge >= 0.3 is 12.1 Å². The maximum atomic E-state index is 12.3. The van der Waals surface area contributed by atoms with Crippen molar-refractivity contribution in [1.29, 1.82) is 0 Å². The first-order valence-corrected chi connectivity index (χ1v) is 10.9. The molecule has 1 fully saturated rings. The van der Waals surface area contributed by atoms with Crippen LogP contribution in [0.15, 0.2) is 42.6 Å². The van der Waals surface area contributed by atoms with Gasteiger partial charge in [0, 0.05) is 42.8 Å². The number of likely N-dealkylation sites (tertiary alicyclic amines) is 1. The molecule has 182 valence electrons. The molecule has 1 aromatic heterocycles. The lowest BCUT2D eigenvalue weighted by atomic mass is 10.1. The van der Waals surface area contributed by atoms with Gasteiger partial charge in [0.1, 0.15) is 17.2 Å². The second-order valence-corrected chi connectivity index (χ2v) is 8.21. The first kappa shape index (κ1) is 23.9. The number of urea groups is 1. The molecular weight excluding hydrogens is 478 g/mol. The molecule has 2 aromatic carbocycles. The van der Waals surface area contributed by atoms with Crippen LogP contribution >= 0.6 is 11.6 Å². The number of primary amides is 1. The molecule has 0 radical (unpaired) electrons. The second-order valence-electron chi connectivity index (χ2n) is 7.80. The van der Waals surface area contributed by atoms with Crippen molar-refractivity contribution in [3.63, 3.8) is 0 Å². The van der Waals surface area contributed by atoms with Crippen LogP contribution in [-0.2, 0) is 0 Å². The number of hydrogen-bond donors (Lipinski definition) is 4. The van der Waals surface area contributed by atoms with Gasteiger partial charge in [0.25, 0.3) is 5.91 Å². The molecule has 4 rings (SSSR count). The van der Waals surface area contributed by atoms with E-state index in [0.29, 0.717) is 46.8 Å². The summed E-state index contributed by atoms with van der Waals surface area (Å²) in [7, 11) is 1.43. The summed E-state index contributed by atoms with van der Waals surface area (Å²) >= 11 is 6.35. The van der Waals surface area contributed by atoms with Gasteiger partial charge in [0.2, 0.25) is 0 Å². The average molecular weight is 500 g/mol. The standard InChI is InChI=1S/C23H22ClN5O6/c1-34-20-10-18-14(9-15(20)21(25)30)19(4-6-26-18)35-13-2-3-17(16(24)8-13)28-22(31)27-12-5-7-29(11-12)23(32)33/h2-4,6,8-10,12H,5,7,11H2,1H3,(H2,25,30)(H,32,33)(H2,27,28,31). The van der Waals surface area contributed by atoms with E-state index in [1.807, 2.05) is 0 Å². The molecule has 1 aliphatic rings. The van der Waals surface area contributed by atoms with Gasteiger partial charge in [0.05, 0.1) is 28.9 Å². The third-order valence-electron chi connectivity index (χ3n) is 5.50. The molecule has 12 heteroatoms. The molecule has 11 nitrogen and oxygen atoms in total. The number of aromatic nitrogens is 1. The van der Waals surface area contributed by atoms with Gasteiger partial charge in [-0.3, -0.25) is 9.78 Å². The zero-order valence-corrected chi connectivity index (χ0v) is 19.3. The van der Waals surface area contributed by atoms with Crippen LogP contribution in [0.25, 0.3) is 10.9 Å². The molecule has 5 N–H and O–H groups in total. The number of nitrogens with zero attached hydrogens (tertiary/aromatic N) is 2. The van der Waals surface area contributed by atoms with Crippen molar-refractivity contribution in [3.05, 3.63) is 53.2 Å². The molecule has 0 spiro atoms. The van der Waals surface area contributed by atoms with Crippen LogP contribution < -0.4 is 25.8 Å². The number of fused-ring (bicyclic) bond motifs is 1. The summed E-state index contributed by atoms with van der Waals surface area (Å²) in [4.78, 5) is 40.7. The summed E-state index contributed by atoms with van der Waals surface area (Å²) in [6.45, 7) is 0.594. The molecule has 1 atom stereocenters. The van der Waals surface area contributed by atoms with Crippen molar-refractivity contribution in [1.82, 2.24) is 15.2 Å². The Labute approximate surface area is 204 Å². The van der Waals surface area contributed by atoms with E-state index < -0.39 is 18.0 Å². The van der Waals surface area contributed by atoms with Gasteiger partial charge in [-0.2, -0.15) is 0 Å². The van der Waals surface area contributed by atoms with E-state index in [-0.39, 0.29) is 23.2 Å². The SMILES string of the molecule is COc1cc2nccc(Oc3ccc(NC(=O)NC4CCN(C(=O)O)C4)c(Cl)c3)c2cc1C(N)=O. The number of hydrogen-bond acceptors (Lipinski definition) is 6. The van der Waals surface area contributed by atoms with Gasteiger partial charge in [0.15, 0.2) is 0 Å². The third kappa shape index (κ3) is 5.30. The summed E-state index contributed by atoms with van der Waals surface area (Å²) in [6, 6.07) is 8.74. The monoisotopic (exact) mass is 499 g/mol. The van der Waals surface area contributed by atoms with Crippen molar-refractivity contribution in [3.8, 4) is 17.2 Å². The molecular formula is C23H22ClN5O6. The van der Waals surface area contributed by atoms with Crippen LogP contribution in [0.5, 0.6) is 17.2 Å². The summed E-state index contributed by atoms with van der Waals surface area (Å²) < 4.78 is 11.2. The van der Waals surface area contributed by atoms with Crippen molar-refractivity contribution < 1.29 is 29.0 Å². The Morgan fingerprint density at radius 2 is 2.00 bits per heavy atom. The van der Waals surface area contributed by atoms with E-state index in [1.165, 1.54) is 18.1 Å². The highest BCUT2D eigenvalue weighted by molar-refractivity contribution is 6.33. The van der Waals surface area contributed by atoms with Crippen LogP contribution in [0.1, 0.15) is 16.8 Å². The number of carbonyl (C=O) groups is 3. The Morgan fingerprint density at radius 3 is 2.66 bits per heavy atom. The Hall–Kier alpha value is -4.25. The number of nitrogens with one attached hydrogen (secondary N) is 2. The van der Waals surface area contributed by atoms with Crippen LogP contribution in [0.3, 0.4) is 0 Å². The Balaban J connectivity index is 1.48. The van der Waals surface area contributed by atoms with Gasteiger partial charge in [-0.05, 0) is 30.7 Å². The minimum Gasteiger partial charge on any atom is -0.496 e. The molecule has 2 heterocycles. The fourth-order valence-electron chi connectivity index (χ4n) is 3.78. The molecule has 4 amide bonds. The fourth-order valence-corrected chi connectivity index (χ4v) is 4.00. The van der Waals surface area contributed by atoms with Gasteiger partial charge in [-0.1, -0.05) is 11.6 Å². The number of rotatable bonds is 6. The average Bonchev–Trinajstić information content (AvgIpc) is 3.29. The lowest BCUT2D eigenvalue weighted by molar-refractivity contribution is 0.0997. The summed E-state index contributed by atoms with van der Waals surface area (Å²) in [5, 5.41) is 15.2. The highest BCUT2D eigenvalue weighted by Crippen LogP contribution is 2.35. The predicted octanol–water partition coefficient (Wildman–Crippen LogP) is 3.66. The minimum atomic E-state index is -1.01. The second kappa shape index (κ2) is 9.94. The Morgan fingerprint density at radius 1 is 1.20 bits per heavy atom. The number of benzene rings is 2. The van der Waals surface area contributed by atoms with E-state index >= 15 is 0 Å². The van der Waals surface area contributed by atoms with Crippen molar-refractivity contribution in [2.75, 3.05) is 25.5 Å². The van der Waals surface area contributed by atoms with Crippen molar-refractivity contribution in [2.24, 2.45) is 5.73 Å². The van der Waals surface area contributed by atoms with E-state index in [0.717, 1.165) is 0 Å². The summed E-state index contributed by atoms with van der Waals surface area (Å²) in [6.07, 6.45) is 1.07. The van der Waals surface area contributed by atoms with Crippen LogP contribution in [0.4, 0.5) is 15.3 Å². The number of nitrogens with two attached hydrogens (primary N) is 1. The third-order valence-corrected chi connectivity index (χ3v) is 5.81. The highest BCUT2D eigenvalue weighted by Gasteiger charge is 2.27. The molecule has 3 aromatic rings. The van der Waals surface area contributed by atoms with E-state index in [1.54, 1.807) is 36.5 Å². The lowest BCUT2D eigenvalue weighted by Gasteiger charge is -2.15. The zero-order valence-electron chi connectivity index (χ0n) is 18.6. The predicted molar refractivity (Wildman–Crippen MR) is 128 cm³/mol. The normalized spacial score (nSPS) is 15.0. The maximum absolute atomic E-state index is 12.3. The first-order valence-electron chi connectivity index (χ1n) is 10.5. The smallest absolute Gasteiger partial charge is 0.407 e. The molecule has 1 saturated heterocycles. The number of carbonyl (C=O) groups excluding carboxylic acids is 2. The van der Waals surface area contributed by atoms with Crippen LogP contribution in [-0.4, -0.2) is 59.3 Å². The highest BCUT2D eigenvalue weighted by atomic mass is 35.5. The van der Waals surface area contributed by atoms with Gasteiger partial charge in [-0.15, -0.1) is 0 Å². The molecule has 1 aliphatic heterocycles. The number of ether oxygens (including phenoxy) is 2. The summed E-state index contributed by atoms with van der Waals surface area (Å²) in [5.74, 6) is 0.458. The van der Waals surface area contributed by atoms with E-state index in [2.05, 4.69) is 15.6 Å². The lowest BCUT2D eigenvalue weighted by Crippen LogP contribution is -2.40. The van der Waals surface area contributed by atoms with Gasteiger partial charge < -0.3 is 35.8 Å². The fraction of sp³-hybridized carbons (Fsp3) is 0.217. The molecule has 0 bridgehead atoms. The zero-order chi connectivity index (χ0) is 25.1. The number of halogens is 1. The van der Waals surface area contributed by atoms with Crippen LogP contribution in [0.2, 0.25) is 5.02 Å². The number of anilines is 1. The largest absolute Gasteiger partial charge is 0.496 e. The summed E-state index contributed by atoms with van der Waals surface area (Å²) in [5.41, 5.74) is 6.55. The first-order chi connectivity index (χ1) is 16.7. The van der Waals surface area contributed by atoms with E-state index in [9.17, 15) is 14.4 Å². The van der Waals surface area contributed by atoms with Crippen molar-refractivity contribution >= 4 is 46.2 Å². The Bertz CT molecular complexity index is 1320. The molecule has 35 heavy (non-hydrogen) atoms. The Kier molecular flexibility index (Phi) is 6.78. The molecule has 0 aliphatic carbocycles. The van der Waals surface area contributed by atoms with Gasteiger partial charge in [-0.25, -0.2) is 9.59 Å².